The van der Waals surface area contributed by atoms with Gasteiger partial charge in [0.25, 0.3) is 0 Å². The van der Waals surface area contributed by atoms with Crippen molar-refractivity contribution in [2.75, 3.05) is 34.3 Å². The van der Waals surface area contributed by atoms with Crippen LogP contribution in [0.1, 0.15) is 37.9 Å². The highest BCUT2D eigenvalue weighted by molar-refractivity contribution is 5.77. The van der Waals surface area contributed by atoms with E-state index >= 15 is 0 Å². The second-order valence-electron chi connectivity index (χ2n) is 6.59. The molecule has 0 aromatic heterocycles. The molecule has 1 N–H and O–H groups in total. The van der Waals surface area contributed by atoms with Crippen molar-refractivity contribution in [1.29, 1.82) is 0 Å². The number of carbonyl (C=O) groups excluding carboxylic acids is 1. The Balaban J connectivity index is 2.85. The second-order valence-corrected chi connectivity index (χ2v) is 6.59. The number of nitrogens with zero attached hydrogens (tertiary/aromatic N) is 1. The van der Waals surface area contributed by atoms with E-state index in [1.807, 2.05) is 26.2 Å². The fraction of sp³-hybridized carbons (Fsp3) is 0.588. The van der Waals surface area contributed by atoms with Gasteiger partial charge in [0.1, 0.15) is 6.04 Å². The van der Waals surface area contributed by atoms with Gasteiger partial charge in [0, 0.05) is 13.1 Å². The van der Waals surface area contributed by atoms with Crippen LogP contribution in [0.2, 0.25) is 0 Å². The maximum Gasteiger partial charge on any atom is 0.327 e. The molecule has 4 heteroatoms. The molecule has 4 nitrogen and oxygen atoms in total. The summed E-state index contributed by atoms with van der Waals surface area (Å²) in [5.41, 5.74) is 2.30. The van der Waals surface area contributed by atoms with Crippen molar-refractivity contribution in [2.45, 2.75) is 32.2 Å². The zero-order valence-electron chi connectivity index (χ0n) is 14.1. The van der Waals surface area contributed by atoms with Gasteiger partial charge in [-0.3, -0.25) is 5.32 Å². The molecule has 0 aliphatic rings. The van der Waals surface area contributed by atoms with Gasteiger partial charge >= 0.3 is 5.97 Å². The molecule has 1 aromatic carbocycles. The molecule has 0 aliphatic carbocycles. The molecule has 0 amide bonds. The Labute approximate surface area is 128 Å². The predicted molar refractivity (Wildman–Crippen MR) is 86.5 cm³/mol. The summed E-state index contributed by atoms with van der Waals surface area (Å²) >= 11 is 0. The third-order valence-corrected chi connectivity index (χ3v) is 3.45. The Hall–Kier alpha value is -1.39. The minimum atomic E-state index is -0.413. The normalized spacial score (nSPS) is 13.3. The zero-order valence-corrected chi connectivity index (χ0v) is 14.1. The molecule has 0 fully saturated rings. The SMILES string of the molecule is COC(=O)C(NCCN(C)C)c1ccc(C(C)(C)C)cc1. The number of nitrogens with one attached hydrogen (secondary N) is 1. The number of ether oxygens (including phenoxy) is 1. The number of likely N-dealkylation sites (N-methyl/N-ethyl adjacent to an activating group) is 1. The van der Waals surface area contributed by atoms with Crippen LogP contribution in [-0.4, -0.2) is 45.2 Å². The molecular formula is C17H28N2O2. The Kier molecular flexibility index (Phi) is 6.37. The minimum Gasteiger partial charge on any atom is -0.468 e. The summed E-state index contributed by atoms with van der Waals surface area (Å²) in [7, 11) is 5.44. The Bertz CT molecular complexity index is 447. The van der Waals surface area contributed by atoms with E-state index in [0.717, 1.165) is 18.7 Å². The van der Waals surface area contributed by atoms with E-state index < -0.39 is 6.04 Å². The number of rotatable bonds is 6. The first-order valence-electron chi connectivity index (χ1n) is 7.32. The number of esters is 1. The molecule has 0 saturated carbocycles. The van der Waals surface area contributed by atoms with Gasteiger partial charge in [-0.15, -0.1) is 0 Å². The smallest absolute Gasteiger partial charge is 0.327 e. The monoisotopic (exact) mass is 292 g/mol. The lowest BCUT2D eigenvalue weighted by Crippen LogP contribution is -2.34. The number of hydrogen-bond acceptors (Lipinski definition) is 4. The van der Waals surface area contributed by atoms with Crippen LogP contribution >= 0.6 is 0 Å². The van der Waals surface area contributed by atoms with Crippen molar-refractivity contribution in [3.63, 3.8) is 0 Å². The fourth-order valence-electron chi connectivity index (χ4n) is 2.06. The van der Waals surface area contributed by atoms with Crippen molar-refractivity contribution in [3.8, 4) is 0 Å². The van der Waals surface area contributed by atoms with Gasteiger partial charge in [-0.25, -0.2) is 4.79 Å². The summed E-state index contributed by atoms with van der Waals surface area (Å²) in [6.45, 7) is 8.13. The third-order valence-electron chi connectivity index (χ3n) is 3.45. The van der Waals surface area contributed by atoms with Gasteiger partial charge in [0.05, 0.1) is 7.11 Å². The summed E-state index contributed by atoms with van der Waals surface area (Å²) in [5, 5.41) is 3.26. The van der Waals surface area contributed by atoms with Crippen LogP contribution in [0.3, 0.4) is 0 Å². The molecule has 1 aromatic rings. The number of benzene rings is 1. The summed E-state index contributed by atoms with van der Waals surface area (Å²) in [4.78, 5) is 14.0. The lowest BCUT2D eigenvalue weighted by molar-refractivity contribution is -0.143. The number of carbonyl (C=O) groups is 1. The van der Waals surface area contributed by atoms with Crippen LogP contribution in [0.15, 0.2) is 24.3 Å². The molecule has 1 atom stereocenters. The van der Waals surface area contributed by atoms with E-state index in [-0.39, 0.29) is 11.4 Å². The highest BCUT2D eigenvalue weighted by atomic mass is 16.5. The van der Waals surface area contributed by atoms with Gasteiger partial charge in [-0.05, 0) is 30.6 Å². The van der Waals surface area contributed by atoms with Crippen LogP contribution in [-0.2, 0) is 14.9 Å². The lowest BCUT2D eigenvalue weighted by atomic mass is 9.86. The fourth-order valence-corrected chi connectivity index (χ4v) is 2.06. The first kappa shape index (κ1) is 17.7. The summed E-state index contributed by atoms with van der Waals surface area (Å²) < 4.78 is 4.91. The highest BCUT2D eigenvalue weighted by Gasteiger charge is 2.21. The summed E-state index contributed by atoms with van der Waals surface area (Å²) in [6.07, 6.45) is 0. The largest absolute Gasteiger partial charge is 0.468 e. The first-order chi connectivity index (χ1) is 9.75. The lowest BCUT2D eigenvalue weighted by Gasteiger charge is -2.22. The highest BCUT2D eigenvalue weighted by Crippen LogP contribution is 2.24. The molecule has 0 radical (unpaired) electrons. The summed E-state index contributed by atoms with van der Waals surface area (Å²) in [6, 6.07) is 7.76. The Morgan fingerprint density at radius 3 is 2.24 bits per heavy atom. The van der Waals surface area contributed by atoms with E-state index in [0.29, 0.717) is 0 Å². The summed E-state index contributed by atoms with van der Waals surface area (Å²) in [5.74, 6) is -0.253. The molecule has 0 spiro atoms. The van der Waals surface area contributed by atoms with E-state index in [2.05, 4.69) is 43.1 Å². The standard InChI is InChI=1S/C17H28N2O2/c1-17(2,3)14-9-7-13(8-10-14)15(16(20)21-6)18-11-12-19(4)5/h7-10,15,18H,11-12H2,1-6H3. The van der Waals surface area contributed by atoms with Crippen molar-refractivity contribution in [2.24, 2.45) is 0 Å². The molecular weight excluding hydrogens is 264 g/mol. The van der Waals surface area contributed by atoms with Crippen LogP contribution in [0.4, 0.5) is 0 Å². The van der Waals surface area contributed by atoms with Crippen LogP contribution < -0.4 is 5.32 Å². The quantitative estimate of drug-likeness (QED) is 0.817. The molecule has 1 unspecified atom stereocenters. The Morgan fingerprint density at radius 2 is 1.81 bits per heavy atom. The van der Waals surface area contributed by atoms with Crippen molar-refractivity contribution in [3.05, 3.63) is 35.4 Å². The molecule has 0 heterocycles. The zero-order chi connectivity index (χ0) is 16.0. The maximum absolute atomic E-state index is 12.0. The van der Waals surface area contributed by atoms with Crippen molar-refractivity contribution < 1.29 is 9.53 Å². The molecule has 118 valence electrons. The van der Waals surface area contributed by atoms with Gasteiger partial charge in [0.2, 0.25) is 0 Å². The molecule has 0 saturated heterocycles. The van der Waals surface area contributed by atoms with E-state index in [9.17, 15) is 4.79 Å². The van der Waals surface area contributed by atoms with Gasteiger partial charge < -0.3 is 9.64 Å². The second kappa shape index (κ2) is 7.57. The van der Waals surface area contributed by atoms with E-state index in [1.54, 1.807) is 0 Å². The van der Waals surface area contributed by atoms with Gasteiger partial charge in [-0.2, -0.15) is 0 Å². The van der Waals surface area contributed by atoms with Gasteiger partial charge in [0.15, 0.2) is 0 Å². The first-order valence-corrected chi connectivity index (χ1v) is 7.32. The topological polar surface area (TPSA) is 41.6 Å². The van der Waals surface area contributed by atoms with Crippen LogP contribution in [0.5, 0.6) is 0 Å². The molecule has 1 rings (SSSR count). The van der Waals surface area contributed by atoms with Gasteiger partial charge in [-0.1, -0.05) is 45.0 Å². The van der Waals surface area contributed by atoms with Crippen molar-refractivity contribution >= 4 is 5.97 Å². The number of hydrogen-bond donors (Lipinski definition) is 1. The minimum absolute atomic E-state index is 0.109. The maximum atomic E-state index is 12.0. The molecule has 0 bridgehead atoms. The third kappa shape index (κ3) is 5.48. The number of methoxy groups -OCH3 is 1. The molecule has 21 heavy (non-hydrogen) atoms. The predicted octanol–water partition coefficient (Wildman–Crippen LogP) is 2.35. The van der Waals surface area contributed by atoms with Crippen LogP contribution in [0, 0.1) is 0 Å². The molecule has 0 aliphatic heterocycles. The van der Waals surface area contributed by atoms with E-state index in [1.165, 1.54) is 12.7 Å². The van der Waals surface area contributed by atoms with E-state index in [4.69, 9.17) is 4.74 Å². The Morgan fingerprint density at radius 1 is 1.24 bits per heavy atom. The van der Waals surface area contributed by atoms with Crippen molar-refractivity contribution in [1.82, 2.24) is 10.2 Å². The average molecular weight is 292 g/mol. The van der Waals surface area contributed by atoms with Crippen LogP contribution in [0.25, 0.3) is 0 Å². The average Bonchev–Trinajstić information content (AvgIpc) is 2.42.